The molecule has 3 aromatic carbocycles. The van der Waals surface area contributed by atoms with Gasteiger partial charge in [0.15, 0.2) is 5.13 Å². The Labute approximate surface area is 214 Å². The normalized spacial score (nSPS) is 15.3. The highest BCUT2D eigenvalue weighted by Crippen LogP contribution is 2.32. The Morgan fingerprint density at radius 2 is 1.75 bits per heavy atom. The number of hydrogen-bond acceptors (Lipinski definition) is 5. The summed E-state index contributed by atoms with van der Waals surface area (Å²) in [7, 11) is -3.61. The average Bonchev–Trinajstić information content (AvgIpc) is 3.31. The van der Waals surface area contributed by atoms with E-state index in [1.807, 2.05) is 30.3 Å². The Kier molecular flexibility index (Phi) is 6.87. The number of piperidine rings is 1. The highest BCUT2D eigenvalue weighted by molar-refractivity contribution is 7.89. The molecule has 36 heavy (non-hydrogen) atoms. The third-order valence-electron chi connectivity index (χ3n) is 6.48. The summed E-state index contributed by atoms with van der Waals surface area (Å²) in [6, 6.07) is 20.0. The van der Waals surface area contributed by atoms with Crippen LogP contribution in [0.3, 0.4) is 0 Å². The molecule has 0 saturated carbocycles. The first-order valence-electron chi connectivity index (χ1n) is 11.8. The SMILES string of the molecule is CC1CCN(S(=O)(=O)c2ccc(C(=O)N(Cc3ccccc3)c3nc4ccc(F)cc4s3)cc2)CC1. The molecule has 1 fully saturated rings. The average molecular weight is 524 g/mol. The molecule has 2 heterocycles. The zero-order valence-electron chi connectivity index (χ0n) is 19.8. The van der Waals surface area contributed by atoms with Gasteiger partial charge in [-0.1, -0.05) is 48.6 Å². The van der Waals surface area contributed by atoms with Crippen molar-refractivity contribution in [3.63, 3.8) is 0 Å². The lowest BCUT2D eigenvalue weighted by molar-refractivity contribution is 0.0985. The van der Waals surface area contributed by atoms with Gasteiger partial charge in [0, 0.05) is 18.7 Å². The van der Waals surface area contributed by atoms with Gasteiger partial charge in [-0.3, -0.25) is 9.69 Å². The monoisotopic (exact) mass is 523 g/mol. The van der Waals surface area contributed by atoms with Crippen LogP contribution >= 0.6 is 11.3 Å². The topological polar surface area (TPSA) is 70.6 Å². The molecule has 9 heteroatoms. The summed E-state index contributed by atoms with van der Waals surface area (Å²) in [5.74, 6) is -0.154. The van der Waals surface area contributed by atoms with E-state index in [0.717, 1.165) is 18.4 Å². The zero-order chi connectivity index (χ0) is 25.3. The van der Waals surface area contributed by atoms with Gasteiger partial charge in [-0.25, -0.2) is 17.8 Å². The summed E-state index contributed by atoms with van der Waals surface area (Å²) in [4.78, 5) is 20.0. The molecule has 0 N–H and O–H groups in total. The number of thiazole rings is 1. The minimum absolute atomic E-state index is 0.179. The Morgan fingerprint density at radius 3 is 2.44 bits per heavy atom. The number of hydrogen-bond donors (Lipinski definition) is 0. The summed E-state index contributed by atoms with van der Waals surface area (Å²) >= 11 is 1.24. The number of benzene rings is 3. The summed E-state index contributed by atoms with van der Waals surface area (Å²) in [5.41, 5.74) is 1.87. The molecule has 1 aliphatic rings. The minimum atomic E-state index is -3.61. The van der Waals surface area contributed by atoms with Gasteiger partial charge in [0.05, 0.1) is 21.7 Å². The largest absolute Gasteiger partial charge is 0.279 e. The van der Waals surface area contributed by atoms with Crippen molar-refractivity contribution in [3.05, 3.63) is 89.7 Å². The highest BCUT2D eigenvalue weighted by Gasteiger charge is 2.29. The van der Waals surface area contributed by atoms with E-state index < -0.39 is 10.0 Å². The number of carbonyl (C=O) groups is 1. The molecule has 186 valence electrons. The zero-order valence-corrected chi connectivity index (χ0v) is 21.4. The molecule has 1 amide bonds. The predicted octanol–water partition coefficient (Wildman–Crippen LogP) is 5.70. The van der Waals surface area contributed by atoms with E-state index in [-0.39, 0.29) is 23.2 Å². The maximum absolute atomic E-state index is 13.8. The summed E-state index contributed by atoms with van der Waals surface area (Å²) < 4.78 is 42.1. The number of amides is 1. The van der Waals surface area contributed by atoms with Crippen LogP contribution in [-0.4, -0.2) is 36.7 Å². The third-order valence-corrected chi connectivity index (χ3v) is 9.43. The van der Waals surface area contributed by atoms with E-state index in [1.165, 1.54) is 39.9 Å². The number of nitrogens with zero attached hydrogens (tertiary/aromatic N) is 3. The fourth-order valence-corrected chi connectivity index (χ4v) is 6.75. The Hall–Kier alpha value is -3.14. The van der Waals surface area contributed by atoms with Crippen LogP contribution in [0.4, 0.5) is 9.52 Å². The van der Waals surface area contributed by atoms with Gasteiger partial charge >= 0.3 is 0 Å². The van der Waals surface area contributed by atoms with Gasteiger partial charge in [0.2, 0.25) is 10.0 Å². The van der Waals surface area contributed by atoms with E-state index in [1.54, 1.807) is 23.1 Å². The molecule has 0 aliphatic carbocycles. The van der Waals surface area contributed by atoms with Gasteiger partial charge in [-0.05, 0) is 66.8 Å². The van der Waals surface area contributed by atoms with Crippen LogP contribution in [0, 0.1) is 11.7 Å². The maximum Gasteiger partial charge on any atom is 0.260 e. The van der Waals surface area contributed by atoms with Crippen LogP contribution in [-0.2, 0) is 16.6 Å². The lowest BCUT2D eigenvalue weighted by Gasteiger charge is -2.29. The van der Waals surface area contributed by atoms with Crippen molar-refractivity contribution in [1.29, 1.82) is 0 Å². The van der Waals surface area contributed by atoms with E-state index in [0.29, 0.717) is 39.9 Å². The van der Waals surface area contributed by atoms with Gasteiger partial charge in [0.1, 0.15) is 5.82 Å². The van der Waals surface area contributed by atoms with E-state index >= 15 is 0 Å². The molecule has 0 atom stereocenters. The molecular formula is C27H26FN3O3S2. The number of aromatic nitrogens is 1. The molecule has 5 rings (SSSR count). The van der Waals surface area contributed by atoms with Gasteiger partial charge in [-0.15, -0.1) is 0 Å². The van der Waals surface area contributed by atoms with E-state index in [2.05, 4.69) is 11.9 Å². The minimum Gasteiger partial charge on any atom is -0.279 e. The molecule has 1 saturated heterocycles. The summed E-state index contributed by atoms with van der Waals surface area (Å²) in [6.07, 6.45) is 1.69. The molecule has 6 nitrogen and oxygen atoms in total. The Bertz CT molecular complexity index is 1480. The molecule has 0 bridgehead atoms. The summed E-state index contributed by atoms with van der Waals surface area (Å²) in [6.45, 7) is 3.42. The van der Waals surface area contributed by atoms with Crippen molar-refractivity contribution >= 4 is 42.6 Å². The van der Waals surface area contributed by atoms with E-state index in [4.69, 9.17) is 0 Å². The quantitative estimate of drug-likeness (QED) is 0.325. The number of halogens is 1. The Morgan fingerprint density at radius 1 is 1.06 bits per heavy atom. The van der Waals surface area contributed by atoms with Crippen molar-refractivity contribution in [3.8, 4) is 0 Å². The first kappa shape index (κ1) is 24.5. The lowest BCUT2D eigenvalue weighted by Crippen LogP contribution is -2.37. The highest BCUT2D eigenvalue weighted by atomic mass is 32.2. The molecule has 0 spiro atoms. The molecule has 1 aromatic heterocycles. The molecule has 4 aromatic rings. The van der Waals surface area contributed by atoms with Crippen molar-refractivity contribution in [2.45, 2.75) is 31.2 Å². The van der Waals surface area contributed by atoms with Crippen LogP contribution in [0.1, 0.15) is 35.7 Å². The van der Waals surface area contributed by atoms with Crippen LogP contribution in [0.25, 0.3) is 10.2 Å². The van der Waals surface area contributed by atoms with Crippen LogP contribution < -0.4 is 4.90 Å². The first-order chi connectivity index (χ1) is 17.3. The number of sulfonamides is 1. The lowest BCUT2D eigenvalue weighted by atomic mass is 10.0. The third kappa shape index (κ3) is 5.04. The van der Waals surface area contributed by atoms with Crippen molar-refractivity contribution in [2.24, 2.45) is 5.92 Å². The number of anilines is 1. The molecule has 0 radical (unpaired) electrons. The van der Waals surface area contributed by atoms with Crippen molar-refractivity contribution in [2.75, 3.05) is 18.0 Å². The Balaban J connectivity index is 1.45. The van der Waals surface area contributed by atoms with Gasteiger partial charge in [-0.2, -0.15) is 4.31 Å². The second-order valence-corrected chi connectivity index (χ2v) is 12.0. The van der Waals surface area contributed by atoms with Crippen molar-refractivity contribution in [1.82, 2.24) is 9.29 Å². The summed E-state index contributed by atoms with van der Waals surface area (Å²) in [5, 5.41) is 0.448. The predicted molar refractivity (Wildman–Crippen MR) is 140 cm³/mol. The van der Waals surface area contributed by atoms with Gasteiger partial charge in [0.25, 0.3) is 5.91 Å². The number of rotatable bonds is 6. The molecule has 0 unspecified atom stereocenters. The molecule has 1 aliphatic heterocycles. The second kappa shape index (κ2) is 10.1. The van der Waals surface area contributed by atoms with Crippen molar-refractivity contribution < 1.29 is 17.6 Å². The maximum atomic E-state index is 13.8. The fourth-order valence-electron chi connectivity index (χ4n) is 4.29. The standard InChI is InChI=1S/C27H26FN3O3S2/c1-19-13-15-30(16-14-19)36(33,34)23-10-7-21(8-11-23)26(32)31(18-20-5-3-2-4-6-20)27-29-24-12-9-22(28)17-25(24)35-27/h2-12,17,19H,13-16,18H2,1H3. The number of carbonyl (C=O) groups excluding carboxylic acids is 1. The first-order valence-corrected chi connectivity index (χ1v) is 14.1. The van der Waals surface area contributed by atoms with Crippen LogP contribution in [0.2, 0.25) is 0 Å². The second-order valence-electron chi connectivity index (χ2n) is 9.10. The van der Waals surface area contributed by atoms with Crippen LogP contribution in [0.5, 0.6) is 0 Å². The smallest absolute Gasteiger partial charge is 0.260 e. The van der Waals surface area contributed by atoms with Crippen LogP contribution in [0.15, 0.2) is 77.7 Å². The van der Waals surface area contributed by atoms with E-state index in [9.17, 15) is 17.6 Å². The molecular weight excluding hydrogens is 497 g/mol. The fraction of sp³-hybridized carbons (Fsp3) is 0.259. The number of fused-ring (bicyclic) bond motifs is 1. The van der Waals surface area contributed by atoms with Gasteiger partial charge < -0.3 is 0 Å².